The van der Waals surface area contributed by atoms with Crippen molar-refractivity contribution in [3.8, 4) is 10.6 Å². The summed E-state index contributed by atoms with van der Waals surface area (Å²) in [5.41, 5.74) is 2.30. The molecular formula is C23H26N6OS. The average molecular weight is 435 g/mol. The van der Waals surface area contributed by atoms with E-state index in [9.17, 15) is 4.79 Å². The highest BCUT2D eigenvalue weighted by Gasteiger charge is 2.27. The molecule has 8 heteroatoms. The Morgan fingerprint density at radius 2 is 2.03 bits per heavy atom. The van der Waals surface area contributed by atoms with Crippen LogP contribution in [-0.2, 0) is 0 Å². The number of likely N-dealkylation sites (tertiary alicyclic amines) is 1. The van der Waals surface area contributed by atoms with Crippen molar-refractivity contribution in [1.82, 2.24) is 29.2 Å². The zero-order valence-corrected chi connectivity index (χ0v) is 18.8. The standard InChI is InChI=1S/C23H26N6OS/c1-15(2)29-22-19(13-25-29)18(12-20(26-22)21-5-4-16(3)31-21)23(30)27-9-6-17(7-10-27)28-11-8-24-14-28/h4-5,8,11-15,17H,6-7,9-10H2,1-3H3. The van der Waals surface area contributed by atoms with E-state index in [-0.39, 0.29) is 11.9 Å². The first-order chi connectivity index (χ1) is 15.0. The maximum absolute atomic E-state index is 13.6. The Hall–Kier alpha value is -3.00. The maximum atomic E-state index is 13.6. The molecule has 0 atom stereocenters. The Morgan fingerprint density at radius 1 is 1.23 bits per heavy atom. The summed E-state index contributed by atoms with van der Waals surface area (Å²) >= 11 is 1.70. The number of rotatable bonds is 4. The number of imidazole rings is 1. The zero-order valence-electron chi connectivity index (χ0n) is 18.0. The third-order valence-corrected chi connectivity index (χ3v) is 7.00. The van der Waals surface area contributed by atoms with Gasteiger partial charge >= 0.3 is 0 Å². The lowest BCUT2D eigenvalue weighted by Crippen LogP contribution is -2.39. The molecule has 1 fully saturated rings. The van der Waals surface area contributed by atoms with Crippen LogP contribution in [0.25, 0.3) is 21.6 Å². The van der Waals surface area contributed by atoms with Gasteiger partial charge < -0.3 is 9.47 Å². The molecule has 4 aromatic heterocycles. The molecule has 0 saturated carbocycles. The largest absolute Gasteiger partial charge is 0.338 e. The van der Waals surface area contributed by atoms with Crippen LogP contribution in [0, 0.1) is 6.92 Å². The summed E-state index contributed by atoms with van der Waals surface area (Å²) in [6.07, 6.45) is 9.33. The van der Waals surface area contributed by atoms with Gasteiger partial charge in [-0.25, -0.2) is 14.6 Å². The van der Waals surface area contributed by atoms with Crippen LogP contribution >= 0.6 is 11.3 Å². The summed E-state index contributed by atoms with van der Waals surface area (Å²) in [4.78, 5) is 27.0. The van der Waals surface area contributed by atoms with Gasteiger partial charge in [0.15, 0.2) is 5.65 Å². The first-order valence-electron chi connectivity index (χ1n) is 10.7. The minimum absolute atomic E-state index is 0.0642. The molecule has 1 aliphatic heterocycles. The number of carbonyl (C=O) groups excluding carboxylic acids is 1. The fourth-order valence-corrected chi connectivity index (χ4v) is 5.12. The molecule has 0 radical (unpaired) electrons. The van der Waals surface area contributed by atoms with Crippen molar-refractivity contribution in [2.24, 2.45) is 0 Å². The highest BCUT2D eigenvalue weighted by molar-refractivity contribution is 7.15. The second-order valence-corrected chi connectivity index (χ2v) is 9.71. The van der Waals surface area contributed by atoms with Gasteiger partial charge in [0.05, 0.1) is 34.0 Å². The Morgan fingerprint density at radius 3 is 2.68 bits per heavy atom. The second kappa shape index (κ2) is 7.92. The molecule has 5 rings (SSSR count). The summed E-state index contributed by atoms with van der Waals surface area (Å²) in [5, 5.41) is 5.37. The van der Waals surface area contributed by atoms with E-state index < -0.39 is 0 Å². The zero-order chi connectivity index (χ0) is 21.5. The lowest BCUT2D eigenvalue weighted by Gasteiger charge is -2.32. The summed E-state index contributed by atoms with van der Waals surface area (Å²) in [5.74, 6) is 0.0642. The molecule has 5 heterocycles. The van der Waals surface area contributed by atoms with E-state index in [1.54, 1.807) is 17.5 Å². The lowest BCUT2D eigenvalue weighted by molar-refractivity contribution is 0.0696. The minimum Gasteiger partial charge on any atom is -0.338 e. The van der Waals surface area contributed by atoms with Gasteiger partial charge in [-0.05, 0) is 51.8 Å². The fraction of sp³-hybridized carbons (Fsp3) is 0.391. The number of pyridine rings is 1. The van der Waals surface area contributed by atoms with Crippen molar-refractivity contribution in [3.63, 3.8) is 0 Å². The number of nitrogens with zero attached hydrogens (tertiary/aromatic N) is 6. The average Bonchev–Trinajstić information content (AvgIpc) is 3.53. The number of piperidine rings is 1. The number of fused-ring (bicyclic) bond motifs is 1. The Bertz CT molecular complexity index is 1210. The van der Waals surface area contributed by atoms with E-state index in [0.29, 0.717) is 11.6 Å². The van der Waals surface area contributed by atoms with Gasteiger partial charge in [0.25, 0.3) is 5.91 Å². The number of amides is 1. The quantitative estimate of drug-likeness (QED) is 0.466. The minimum atomic E-state index is 0.0642. The van der Waals surface area contributed by atoms with Crippen molar-refractivity contribution in [2.75, 3.05) is 13.1 Å². The van der Waals surface area contributed by atoms with Crippen LogP contribution < -0.4 is 0 Å². The molecule has 1 amide bonds. The summed E-state index contributed by atoms with van der Waals surface area (Å²) in [6.45, 7) is 7.72. The number of carbonyl (C=O) groups is 1. The van der Waals surface area contributed by atoms with Crippen LogP contribution in [0.3, 0.4) is 0 Å². The van der Waals surface area contributed by atoms with Gasteiger partial charge in [-0.3, -0.25) is 4.79 Å². The SMILES string of the molecule is Cc1ccc(-c2cc(C(=O)N3CCC(n4ccnc4)CC3)c3cnn(C(C)C)c3n2)s1. The van der Waals surface area contributed by atoms with E-state index in [4.69, 9.17) is 4.98 Å². The summed E-state index contributed by atoms with van der Waals surface area (Å²) < 4.78 is 4.05. The van der Waals surface area contributed by atoms with Crippen LogP contribution in [0.2, 0.25) is 0 Å². The number of thiophene rings is 1. The van der Waals surface area contributed by atoms with Crippen molar-refractivity contribution in [3.05, 3.63) is 53.6 Å². The predicted molar refractivity (Wildman–Crippen MR) is 122 cm³/mol. The van der Waals surface area contributed by atoms with Crippen LogP contribution in [0.4, 0.5) is 0 Å². The Kier molecular flexibility index (Phi) is 5.09. The van der Waals surface area contributed by atoms with Crippen molar-refractivity contribution < 1.29 is 4.79 Å². The van der Waals surface area contributed by atoms with Crippen LogP contribution in [-0.4, -0.2) is 48.2 Å². The molecule has 1 saturated heterocycles. The molecule has 0 spiro atoms. The molecule has 1 aliphatic rings. The lowest BCUT2D eigenvalue weighted by atomic mass is 10.0. The summed E-state index contributed by atoms with van der Waals surface area (Å²) in [7, 11) is 0. The van der Waals surface area contributed by atoms with E-state index in [2.05, 4.69) is 47.6 Å². The summed E-state index contributed by atoms with van der Waals surface area (Å²) in [6, 6.07) is 6.68. The van der Waals surface area contributed by atoms with E-state index in [1.807, 2.05) is 34.4 Å². The molecule has 0 N–H and O–H groups in total. The molecule has 160 valence electrons. The smallest absolute Gasteiger partial charge is 0.254 e. The van der Waals surface area contributed by atoms with Crippen LogP contribution in [0.1, 0.15) is 54.0 Å². The highest BCUT2D eigenvalue weighted by Crippen LogP contribution is 2.32. The maximum Gasteiger partial charge on any atom is 0.254 e. The second-order valence-electron chi connectivity index (χ2n) is 8.42. The van der Waals surface area contributed by atoms with E-state index >= 15 is 0 Å². The third kappa shape index (κ3) is 3.65. The van der Waals surface area contributed by atoms with E-state index in [0.717, 1.165) is 47.5 Å². The molecule has 0 bridgehead atoms. The van der Waals surface area contributed by atoms with Crippen LogP contribution in [0.5, 0.6) is 0 Å². The molecule has 31 heavy (non-hydrogen) atoms. The number of hydrogen-bond acceptors (Lipinski definition) is 5. The highest BCUT2D eigenvalue weighted by atomic mass is 32.1. The van der Waals surface area contributed by atoms with Gasteiger partial charge in [-0.1, -0.05) is 0 Å². The monoisotopic (exact) mass is 434 g/mol. The van der Waals surface area contributed by atoms with Gasteiger partial charge in [0.1, 0.15) is 0 Å². The number of hydrogen-bond donors (Lipinski definition) is 0. The van der Waals surface area contributed by atoms with Gasteiger partial charge in [-0.15, -0.1) is 11.3 Å². The first-order valence-corrected chi connectivity index (χ1v) is 11.5. The number of aryl methyl sites for hydroxylation is 1. The number of aromatic nitrogens is 5. The molecule has 0 unspecified atom stereocenters. The van der Waals surface area contributed by atoms with Crippen molar-refractivity contribution in [2.45, 2.75) is 45.7 Å². The topological polar surface area (TPSA) is 68.8 Å². The first kappa shape index (κ1) is 19.9. The molecule has 0 aliphatic carbocycles. The van der Waals surface area contributed by atoms with Crippen molar-refractivity contribution in [1.29, 1.82) is 0 Å². The van der Waals surface area contributed by atoms with Gasteiger partial charge in [-0.2, -0.15) is 5.10 Å². The Balaban J connectivity index is 1.50. The van der Waals surface area contributed by atoms with Crippen molar-refractivity contribution >= 4 is 28.3 Å². The van der Waals surface area contributed by atoms with Crippen LogP contribution in [0.15, 0.2) is 43.1 Å². The molecule has 4 aromatic rings. The third-order valence-electron chi connectivity index (χ3n) is 5.98. The molecule has 0 aromatic carbocycles. The Labute approximate surface area is 185 Å². The van der Waals surface area contributed by atoms with E-state index in [1.165, 1.54) is 4.88 Å². The van der Waals surface area contributed by atoms with Gasteiger partial charge in [0.2, 0.25) is 0 Å². The van der Waals surface area contributed by atoms with Gasteiger partial charge in [0, 0.05) is 42.4 Å². The molecular weight excluding hydrogens is 408 g/mol. The normalized spacial score (nSPS) is 15.3. The molecule has 7 nitrogen and oxygen atoms in total. The fourth-order valence-electron chi connectivity index (χ4n) is 4.29. The predicted octanol–water partition coefficient (Wildman–Crippen LogP) is 4.72.